The molecular weight excluding hydrogens is 1520 g/mol. The largest absolute Gasteiger partial charge is 0.456 e. The van der Waals surface area contributed by atoms with Crippen LogP contribution in [0.4, 0.5) is 0 Å². The molecule has 26 aromatic rings. The molecule has 578 valence electrons. The van der Waals surface area contributed by atoms with Crippen LogP contribution in [-0.2, 0) is 0 Å². The molecule has 0 aliphatic heterocycles. The van der Waals surface area contributed by atoms with Crippen LogP contribution in [0.2, 0.25) is 0 Å². The van der Waals surface area contributed by atoms with Crippen molar-refractivity contribution in [2.75, 3.05) is 0 Å². The number of benzene rings is 20. The minimum absolute atomic E-state index is 0.637. The van der Waals surface area contributed by atoms with Gasteiger partial charge in [0.1, 0.15) is 11.2 Å². The second-order valence-corrected chi connectivity index (χ2v) is 33.1. The molecule has 0 saturated carbocycles. The maximum atomic E-state index is 6.27. The first-order valence-corrected chi connectivity index (χ1v) is 42.8. The Balaban J connectivity index is 0.0000000985. The van der Waals surface area contributed by atoms with E-state index < -0.39 is 0 Å². The van der Waals surface area contributed by atoms with Crippen molar-refractivity contribution in [3.63, 3.8) is 0 Å². The minimum Gasteiger partial charge on any atom is -0.456 e. The Morgan fingerprint density at radius 3 is 0.944 bits per heavy atom. The summed E-state index contributed by atoms with van der Waals surface area (Å²) in [6.45, 7) is 0. The predicted molar refractivity (Wildman–Crippen MR) is 519 cm³/mol. The molecule has 8 nitrogen and oxygen atoms in total. The van der Waals surface area contributed by atoms with Crippen molar-refractivity contribution < 1.29 is 4.42 Å². The zero-order chi connectivity index (χ0) is 81.6. The van der Waals surface area contributed by atoms with E-state index in [4.69, 9.17) is 19.4 Å². The summed E-state index contributed by atoms with van der Waals surface area (Å²) in [5.74, 6) is 1.93. The lowest BCUT2D eigenvalue weighted by Gasteiger charge is -2.16. The molecule has 6 heterocycles. The van der Waals surface area contributed by atoms with E-state index >= 15 is 0 Å². The van der Waals surface area contributed by atoms with E-state index in [-0.39, 0.29) is 0 Å². The van der Waals surface area contributed by atoms with E-state index in [0.717, 1.165) is 72.4 Å². The van der Waals surface area contributed by atoms with Crippen LogP contribution in [0.3, 0.4) is 0 Å². The molecule has 3 aliphatic rings. The zero-order valence-corrected chi connectivity index (χ0v) is 67.4. The summed E-state index contributed by atoms with van der Waals surface area (Å²) < 4.78 is 16.0. The van der Waals surface area contributed by atoms with Crippen molar-refractivity contribution in [1.82, 2.24) is 33.2 Å². The molecule has 6 aromatic heterocycles. The molecule has 0 saturated heterocycles. The summed E-state index contributed by atoms with van der Waals surface area (Å²) in [6.07, 6.45) is 0. The molecule has 0 atom stereocenters. The molecule has 20 aromatic carbocycles. The average molecular weight is 1590 g/mol. The average Bonchev–Trinajstić information content (AvgIpc) is 1.55. The highest BCUT2D eigenvalue weighted by Gasteiger charge is 2.31. The van der Waals surface area contributed by atoms with Gasteiger partial charge in [0, 0.05) is 93.7 Å². The smallest absolute Gasteiger partial charge is 0.166 e. The van der Waals surface area contributed by atoms with E-state index in [1.54, 1.807) is 0 Å². The van der Waals surface area contributed by atoms with Crippen LogP contribution in [0.1, 0.15) is 0 Å². The third-order valence-electron chi connectivity index (χ3n) is 26.5. The lowest BCUT2D eigenvalue weighted by molar-refractivity contribution is 0.668. The van der Waals surface area contributed by atoms with Crippen molar-refractivity contribution in [3.8, 4) is 124 Å². The predicted octanol–water partition coefficient (Wildman–Crippen LogP) is 30.9. The molecule has 0 fully saturated rings. The SMILES string of the molecule is c1cc(-n2c3ccccc3c3ccccc32)cc(-n2c3cccc4c3c3c5c(cccc5ccc32)-c2ccccc2-4)c1.c1ccc(-c2nc(-c3ccccc3)nc(-c3ccccc3-n3c4cccc5c4c4c6c(cccc6ccc43)-c3ccccc3-5)n2)cc1.c1ccc2c(c1)-c1cccc3ccc4c(c13)c1c-2cccc1n4-c1ccc2c(c1)oc1ccccc12. The van der Waals surface area contributed by atoms with Crippen molar-refractivity contribution in [3.05, 3.63) is 419 Å². The summed E-state index contributed by atoms with van der Waals surface area (Å²) in [5, 5.41) is 20.5. The normalized spacial score (nSPS) is 12.2. The molecule has 0 unspecified atom stereocenters. The first kappa shape index (κ1) is 69.0. The molecular formula is C117H69N7O. The number of hydrogen-bond donors (Lipinski definition) is 0. The lowest BCUT2D eigenvalue weighted by Crippen LogP contribution is -2.03. The van der Waals surface area contributed by atoms with Gasteiger partial charge in [-0.05, 0) is 196 Å². The fourth-order valence-corrected chi connectivity index (χ4v) is 21.4. The molecule has 0 spiro atoms. The molecule has 0 bridgehead atoms. The second-order valence-electron chi connectivity index (χ2n) is 33.1. The van der Waals surface area contributed by atoms with Crippen molar-refractivity contribution in [1.29, 1.82) is 0 Å². The van der Waals surface area contributed by atoms with Gasteiger partial charge in [-0.15, -0.1) is 0 Å². The Kier molecular flexibility index (Phi) is 14.8. The second kappa shape index (κ2) is 26.8. The molecule has 0 N–H and O–H groups in total. The summed E-state index contributed by atoms with van der Waals surface area (Å²) in [4.78, 5) is 15.2. The molecule has 0 radical (unpaired) electrons. The molecule has 3 aliphatic carbocycles. The third kappa shape index (κ3) is 10.1. The van der Waals surface area contributed by atoms with E-state index in [0.29, 0.717) is 17.5 Å². The fraction of sp³-hybridized carbons (Fsp3) is 0. The van der Waals surface area contributed by atoms with Gasteiger partial charge in [0.15, 0.2) is 17.5 Å². The van der Waals surface area contributed by atoms with Crippen LogP contribution < -0.4 is 0 Å². The van der Waals surface area contributed by atoms with Crippen molar-refractivity contribution in [2.45, 2.75) is 0 Å². The zero-order valence-electron chi connectivity index (χ0n) is 67.4. The van der Waals surface area contributed by atoms with Crippen LogP contribution in [-0.4, -0.2) is 33.2 Å². The Morgan fingerprint density at radius 2 is 0.480 bits per heavy atom. The maximum Gasteiger partial charge on any atom is 0.166 e. The van der Waals surface area contributed by atoms with Crippen LogP contribution in [0.15, 0.2) is 423 Å². The van der Waals surface area contributed by atoms with Gasteiger partial charge in [-0.1, -0.05) is 315 Å². The van der Waals surface area contributed by atoms with Gasteiger partial charge >= 0.3 is 0 Å². The van der Waals surface area contributed by atoms with Gasteiger partial charge in [-0.2, -0.15) is 0 Å². The Morgan fingerprint density at radius 1 is 0.168 bits per heavy atom. The van der Waals surface area contributed by atoms with Crippen LogP contribution in [0.25, 0.3) is 265 Å². The molecule has 125 heavy (non-hydrogen) atoms. The van der Waals surface area contributed by atoms with Gasteiger partial charge in [0.05, 0.1) is 49.8 Å². The third-order valence-corrected chi connectivity index (χ3v) is 26.5. The van der Waals surface area contributed by atoms with Gasteiger partial charge < -0.3 is 22.7 Å². The quantitative estimate of drug-likeness (QED) is 0.159. The monoisotopic (exact) mass is 1590 g/mol. The first-order chi connectivity index (χ1) is 62.1. The molecule has 29 rings (SSSR count). The van der Waals surface area contributed by atoms with Crippen LogP contribution in [0, 0.1) is 0 Å². The standard InChI is InChI=1S/C43H26N4.C40H24N2.C34H19NO/c1-3-13-28(14-4-1)41-44-42(29-15-5-2-6-16-29)46-43(45-41)34-20-9-10-23-35(34)47-36-24-12-22-33-31-19-8-7-18-30(31)32-21-11-17-27-25-26-37(47)40(38(27)32)39(33)36;1-2-14-29-28(13-1)32-17-7-10-25-22-23-37-40(38(25)32)39-33(29)18-9-21-36(39)42(37)27-12-8-11-26(24-27)41-34-19-5-3-15-30(34)31-16-4-6-20-35(31)41;1-2-9-23-22(8-1)26-11-5-7-20-15-18-29-34(32(20)26)33-27(23)12-6-13-28(33)35(29)21-16-17-25-24-10-3-4-14-30(24)36-31(25)19-21/h1-26H;1-24H;1-19H. The van der Waals surface area contributed by atoms with Gasteiger partial charge in [-0.3, -0.25) is 0 Å². The number of aromatic nitrogens is 7. The van der Waals surface area contributed by atoms with Crippen molar-refractivity contribution in [2.24, 2.45) is 0 Å². The Hall–Kier alpha value is -16.8. The Labute approximate surface area is 716 Å². The highest BCUT2D eigenvalue weighted by Crippen LogP contribution is 2.55. The van der Waals surface area contributed by atoms with Crippen LogP contribution >= 0.6 is 0 Å². The number of para-hydroxylation sites is 4. The number of furan rings is 1. The maximum absolute atomic E-state index is 6.27. The summed E-state index contributed by atoms with van der Waals surface area (Å²) in [5.41, 5.74) is 34.3. The van der Waals surface area contributed by atoms with Gasteiger partial charge in [0.2, 0.25) is 0 Å². The molecule has 8 heteroatoms. The summed E-state index contributed by atoms with van der Waals surface area (Å²) in [7, 11) is 0. The van der Waals surface area contributed by atoms with Crippen molar-refractivity contribution >= 4 is 141 Å². The lowest BCUT2D eigenvalue weighted by atomic mass is 9.93. The van der Waals surface area contributed by atoms with E-state index in [1.165, 1.54) is 175 Å². The van der Waals surface area contributed by atoms with E-state index in [1.807, 2.05) is 72.8 Å². The first-order valence-electron chi connectivity index (χ1n) is 42.8. The van der Waals surface area contributed by atoms with Gasteiger partial charge in [0.25, 0.3) is 0 Å². The fourth-order valence-electron chi connectivity index (χ4n) is 21.4. The number of rotatable bonds is 7. The highest BCUT2D eigenvalue weighted by atomic mass is 16.3. The highest BCUT2D eigenvalue weighted by molar-refractivity contribution is 6.34. The topological polar surface area (TPSA) is 71.5 Å². The Bertz CT molecular complexity index is 9020. The number of hydrogen-bond acceptors (Lipinski definition) is 4. The number of fused-ring (bicyclic) bond motifs is 15. The summed E-state index contributed by atoms with van der Waals surface area (Å²) in [6, 6.07) is 151. The van der Waals surface area contributed by atoms with E-state index in [9.17, 15) is 0 Å². The van der Waals surface area contributed by atoms with Crippen LogP contribution in [0.5, 0.6) is 0 Å². The van der Waals surface area contributed by atoms with E-state index in [2.05, 4.69) is 364 Å². The summed E-state index contributed by atoms with van der Waals surface area (Å²) >= 11 is 0. The van der Waals surface area contributed by atoms with Gasteiger partial charge in [-0.25, -0.2) is 15.0 Å². The molecule has 0 amide bonds. The minimum atomic E-state index is 0.637. The number of nitrogens with zero attached hydrogens (tertiary/aromatic N) is 7.